The van der Waals surface area contributed by atoms with Crippen LogP contribution < -0.4 is 16.0 Å². The normalized spacial score (nSPS) is 14.7. The third kappa shape index (κ3) is 7.14. The monoisotopic (exact) mass is 478 g/mol. The van der Waals surface area contributed by atoms with Crippen LogP contribution in [0.3, 0.4) is 0 Å². The van der Waals surface area contributed by atoms with E-state index in [1.165, 1.54) is 0 Å². The Kier molecular flexibility index (Phi) is 8.29. The highest BCUT2D eigenvalue weighted by atomic mass is 32.1. The molecule has 0 unspecified atom stereocenters. The van der Waals surface area contributed by atoms with Gasteiger partial charge in [-0.15, -0.1) is 0 Å². The van der Waals surface area contributed by atoms with Crippen LogP contribution in [0.5, 0.6) is 0 Å². The van der Waals surface area contributed by atoms with Gasteiger partial charge < -0.3 is 15.4 Å². The van der Waals surface area contributed by atoms with Gasteiger partial charge in [-0.05, 0) is 57.2 Å². The summed E-state index contributed by atoms with van der Waals surface area (Å²) in [6.45, 7) is 9.18. The first-order valence-corrected chi connectivity index (χ1v) is 11.8. The molecule has 0 saturated carbocycles. The SMILES string of the molecule is Cc1cc(C)nc(N/C(=N\C(=S)NCCCN2CCOCC2)Nc2cnc3ccccc3c2)n1. The fourth-order valence-electron chi connectivity index (χ4n) is 3.71. The lowest BCUT2D eigenvalue weighted by Gasteiger charge is -2.26. The Balaban J connectivity index is 1.44. The number of guanidine groups is 1. The first kappa shape index (κ1) is 23.9. The summed E-state index contributed by atoms with van der Waals surface area (Å²) in [7, 11) is 0. The van der Waals surface area contributed by atoms with Gasteiger partial charge in [-0.3, -0.25) is 15.2 Å². The van der Waals surface area contributed by atoms with Crippen molar-refractivity contribution in [1.82, 2.24) is 25.2 Å². The van der Waals surface area contributed by atoms with Gasteiger partial charge in [-0.2, -0.15) is 4.99 Å². The zero-order chi connectivity index (χ0) is 23.8. The molecule has 1 aromatic carbocycles. The Hall–Kier alpha value is -3.21. The van der Waals surface area contributed by atoms with Crippen molar-refractivity contribution in [2.24, 2.45) is 4.99 Å². The molecule has 0 atom stereocenters. The summed E-state index contributed by atoms with van der Waals surface area (Å²) in [6.07, 6.45) is 2.74. The number of fused-ring (bicyclic) bond motifs is 1. The van der Waals surface area contributed by atoms with E-state index in [4.69, 9.17) is 17.0 Å². The van der Waals surface area contributed by atoms with E-state index in [-0.39, 0.29) is 0 Å². The van der Waals surface area contributed by atoms with E-state index < -0.39 is 0 Å². The van der Waals surface area contributed by atoms with Crippen molar-refractivity contribution in [3.8, 4) is 0 Å². The Bertz CT molecular complexity index is 1140. The average molecular weight is 479 g/mol. The molecule has 10 heteroatoms. The third-order valence-electron chi connectivity index (χ3n) is 5.31. The van der Waals surface area contributed by atoms with Gasteiger partial charge >= 0.3 is 0 Å². The molecule has 9 nitrogen and oxygen atoms in total. The number of hydrogen-bond acceptors (Lipinski definition) is 6. The highest BCUT2D eigenvalue weighted by Crippen LogP contribution is 2.16. The molecule has 3 aromatic rings. The van der Waals surface area contributed by atoms with E-state index >= 15 is 0 Å². The molecule has 3 N–H and O–H groups in total. The van der Waals surface area contributed by atoms with Crippen molar-refractivity contribution in [2.75, 3.05) is 50.0 Å². The van der Waals surface area contributed by atoms with E-state index in [0.29, 0.717) is 17.0 Å². The molecule has 1 aliphatic rings. The van der Waals surface area contributed by atoms with Gasteiger partial charge in [0, 0.05) is 36.4 Å². The molecule has 1 aliphatic heterocycles. The summed E-state index contributed by atoms with van der Waals surface area (Å²) in [6, 6.07) is 11.9. The summed E-state index contributed by atoms with van der Waals surface area (Å²) in [5.41, 5.74) is 3.44. The predicted octanol–water partition coefficient (Wildman–Crippen LogP) is 3.12. The minimum atomic E-state index is 0.384. The maximum atomic E-state index is 5.49. The molecule has 1 saturated heterocycles. The van der Waals surface area contributed by atoms with Crippen LogP contribution in [0.4, 0.5) is 11.6 Å². The lowest BCUT2D eigenvalue weighted by Crippen LogP contribution is -2.38. The van der Waals surface area contributed by atoms with Crippen molar-refractivity contribution in [2.45, 2.75) is 20.3 Å². The number of anilines is 2. The summed E-state index contributed by atoms with van der Waals surface area (Å²) >= 11 is 5.49. The number of thiocarbonyl (C=S) groups is 1. The number of rotatable bonds is 6. The van der Waals surface area contributed by atoms with E-state index in [1.54, 1.807) is 6.20 Å². The van der Waals surface area contributed by atoms with Crippen LogP contribution in [-0.4, -0.2) is 70.3 Å². The lowest BCUT2D eigenvalue weighted by molar-refractivity contribution is 0.0376. The fourth-order valence-corrected chi connectivity index (χ4v) is 3.91. The van der Waals surface area contributed by atoms with E-state index in [0.717, 1.165) is 73.8 Å². The minimum Gasteiger partial charge on any atom is -0.379 e. The number of ether oxygens (including phenoxy) is 1. The fraction of sp³-hybridized carbons (Fsp3) is 0.375. The number of aromatic nitrogens is 3. The number of pyridine rings is 1. The second-order valence-electron chi connectivity index (χ2n) is 8.14. The van der Waals surface area contributed by atoms with Crippen molar-refractivity contribution < 1.29 is 4.74 Å². The number of nitrogens with one attached hydrogen (secondary N) is 3. The number of hydrogen-bond donors (Lipinski definition) is 3. The summed E-state index contributed by atoms with van der Waals surface area (Å²) in [4.78, 5) is 20.4. The van der Waals surface area contributed by atoms with Gasteiger partial charge in [-0.1, -0.05) is 18.2 Å². The van der Waals surface area contributed by atoms with Crippen LogP contribution in [0.1, 0.15) is 17.8 Å². The molecular weight excluding hydrogens is 448 g/mol. The van der Waals surface area contributed by atoms with Crippen LogP contribution in [0.25, 0.3) is 10.9 Å². The molecule has 0 spiro atoms. The molecule has 0 radical (unpaired) electrons. The van der Waals surface area contributed by atoms with Gasteiger partial charge in [0.25, 0.3) is 0 Å². The number of nitrogens with zero attached hydrogens (tertiary/aromatic N) is 5. The van der Waals surface area contributed by atoms with Crippen LogP contribution in [0.15, 0.2) is 47.6 Å². The van der Waals surface area contributed by atoms with Gasteiger partial charge in [0.05, 0.1) is 30.6 Å². The molecule has 178 valence electrons. The first-order chi connectivity index (χ1) is 16.5. The van der Waals surface area contributed by atoms with Crippen molar-refractivity contribution in [3.63, 3.8) is 0 Å². The largest absolute Gasteiger partial charge is 0.379 e. The van der Waals surface area contributed by atoms with Gasteiger partial charge in [0.1, 0.15) is 0 Å². The smallest absolute Gasteiger partial charge is 0.229 e. The van der Waals surface area contributed by atoms with E-state index in [9.17, 15) is 0 Å². The van der Waals surface area contributed by atoms with E-state index in [1.807, 2.05) is 50.2 Å². The Labute approximate surface area is 205 Å². The lowest BCUT2D eigenvalue weighted by atomic mass is 10.2. The average Bonchev–Trinajstić information content (AvgIpc) is 2.82. The van der Waals surface area contributed by atoms with Crippen molar-refractivity contribution in [3.05, 3.63) is 54.0 Å². The number of aliphatic imine (C=N–C) groups is 1. The third-order valence-corrected chi connectivity index (χ3v) is 5.55. The Morgan fingerprint density at radius 2 is 1.85 bits per heavy atom. The second kappa shape index (κ2) is 11.8. The summed E-state index contributed by atoms with van der Waals surface area (Å²) in [5, 5.41) is 11.1. The summed E-state index contributed by atoms with van der Waals surface area (Å²) < 4.78 is 5.40. The van der Waals surface area contributed by atoms with Crippen LogP contribution >= 0.6 is 12.2 Å². The number of morpholine rings is 1. The Morgan fingerprint density at radius 3 is 2.65 bits per heavy atom. The van der Waals surface area contributed by atoms with Crippen LogP contribution in [-0.2, 0) is 4.74 Å². The maximum Gasteiger partial charge on any atom is 0.229 e. The standard InChI is InChI=1S/C24H30N8OS/c1-17-14-18(2)28-22(27-17)30-23(29-20-15-19-6-3-4-7-21(19)26-16-20)31-24(34)25-8-5-9-32-10-12-33-13-11-32/h3-4,6-7,14-16H,5,8-13H2,1-2H3,(H3,25,27,28,29,30,31,34). The molecule has 0 amide bonds. The topological polar surface area (TPSA) is 99.6 Å². The number of para-hydroxylation sites is 1. The van der Waals surface area contributed by atoms with E-state index in [2.05, 4.69) is 40.8 Å². The highest BCUT2D eigenvalue weighted by Gasteiger charge is 2.10. The molecule has 1 fully saturated rings. The summed E-state index contributed by atoms with van der Waals surface area (Å²) in [5.74, 6) is 0.875. The van der Waals surface area contributed by atoms with Gasteiger partial charge in [0.2, 0.25) is 11.9 Å². The van der Waals surface area contributed by atoms with Gasteiger partial charge in [-0.25, -0.2) is 9.97 Å². The van der Waals surface area contributed by atoms with Crippen LogP contribution in [0.2, 0.25) is 0 Å². The Morgan fingerprint density at radius 1 is 1.09 bits per heavy atom. The molecule has 0 aliphatic carbocycles. The quantitative estimate of drug-likeness (QED) is 0.214. The molecular formula is C24H30N8OS. The number of aryl methyl sites for hydroxylation is 2. The van der Waals surface area contributed by atoms with Crippen molar-refractivity contribution in [1.29, 1.82) is 0 Å². The second-order valence-corrected chi connectivity index (χ2v) is 8.53. The van der Waals surface area contributed by atoms with Gasteiger partial charge in [0.15, 0.2) is 5.11 Å². The first-order valence-electron chi connectivity index (χ1n) is 11.4. The van der Waals surface area contributed by atoms with Crippen LogP contribution in [0, 0.1) is 13.8 Å². The molecule has 34 heavy (non-hydrogen) atoms. The minimum absolute atomic E-state index is 0.384. The highest BCUT2D eigenvalue weighted by molar-refractivity contribution is 7.80. The predicted molar refractivity (Wildman–Crippen MR) is 140 cm³/mol. The molecule has 4 rings (SSSR count). The zero-order valence-corrected chi connectivity index (χ0v) is 20.4. The maximum absolute atomic E-state index is 5.49. The molecule has 0 bridgehead atoms. The number of benzene rings is 1. The van der Waals surface area contributed by atoms with Crippen molar-refractivity contribution >= 4 is 45.8 Å². The molecule has 2 aromatic heterocycles. The zero-order valence-electron chi connectivity index (χ0n) is 19.5. The molecule has 3 heterocycles.